The monoisotopic (exact) mass is 399 g/mol. The number of fused-ring (bicyclic) bond motifs is 1. The summed E-state index contributed by atoms with van der Waals surface area (Å²) in [6.07, 6.45) is -2.64. The molecule has 1 aromatic carbocycles. The van der Waals surface area contributed by atoms with Gasteiger partial charge in [0.1, 0.15) is 11.6 Å². The van der Waals surface area contributed by atoms with Gasteiger partial charge in [0.05, 0.1) is 12.6 Å². The third kappa shape index (κ3) is 5.48. The van der Waals surface area contributed by atoms with E-state index < -0.39 is 24.6 Å². The molecular formula is C18H17F4N3O3. The Morgan fingerprint density at radius 2 is 2.11 bits per heavy atom. The summed E-state index contributed by atoms with van der Waals surface area (Å²) < 4.78 is 59.9. The second-order valence-corrected chi connectivity index (χ2v) is 6.11. The quantitative estimate of drug-likeness (QED) is 0.755. The Bertz CT molecular complexity index is 845. The van der Waals surface area contributed by atoms with Gasteiger partial charge in [-0.15, -0.1) is 0 Å². The van der Waals surface area contributed by atoms with Crippen molar-refractivity contribution in [2.75, 3.05) is 13.2 Å². The zero-order valence-electron chi connectivity index (χ0n) is 14.6. The summed E-state index contributed by atoms with van der Waals surface area (Å²) >= 11 is 0. The molecule has 28 heavy (non-hydrogen) atoms. The largest absolute Gasteiger partial charge is 0.493 e. The number of benzene rings is 1. The number of hydrogen-bond acceptors (Lipinski definition) is 4. The molecule has 0 saturated heterocycles. The van der Waals surface area contributed by atoms with Crippen molar-refractivity contribution < 1.29 is 31.8 Å². The minimum atomic E-state index is -4.46. The SMILES string of the molecule is O=C(NCc1ccnc(OCC(F)(F)F)c1)NC1CCOc2cc(F)ccc21. The number of halogens is 4. The number of amides is 2. The van der Waals surface area contributed by atoms with Crippen molar-refractivity contribution in [3.63, 3.8) is 0 Å². The van der Waals surface area contributed by atoms with Crippen LogP contribution in [0.1, 0.15) is 23.6 Å². The van der Waals surface area contributed by atoms with Crippen molar-refractivity contribution >= 4 is 6.03 Å². The van der Waals surface area contributed by atoms with E-state index in [0.29, 0.717) is 29.9 Å². The van der Waals surface area contributed by atoms with E-state index in [9.17, 15) is 22.4 Å². The molecule has 0 fully saturated rings. The van der Waals surface area contributed by atoms with Gasteiger partial charge in [-0.1, -0.05) is 6.07 Å². The fraction of sp³-hybridized carbons (Fsp3) is 0.333. The molecule has 6 nitrogen and oxygen atoms in total. The van der Waals surface area contributed by atoms with Crippen LogP contribution >= 0.6 is 0 Å². The molecule has 3 rings (SSSR count). The first-order chi connectivity index (χ1) is 13.3. The minimum absolute atomic E-state index is 0.0657. The number of nitrogens with one attached hydrogen (secondary N) is 2. The Morgan fingerprint density at radius 3 is 2.89 bits per heavy atom. The number of pyridine rings is 1. The molecule has 0 bridgehead atoms. The van der Waals surface area contributed by atoms with Crippen molar-refractivity contribution in [1.82, 2.24) is 15.6 Å². The topological polar surface area (TPSA) is 72.5 Å². The summed E-state index contributed by atoms with van der Waals surface area (Å²) in [5.74, 6) is -0.223. The zero-order chi connectivity index (χ0) is 20.1. The van der Waals surface area contributed by atoms with E-state index in [1.807, 2.05) is 0 Å². The number of urea groups is 1. The van der Waals surface area contributed by atoms with Gasteiger partial charge in [-0.25, -0.2) is 14.2 Å². The lowest BCUT2D eigenvalue weighted by Crippen LogP contribution is -2.39. The van der Waals surface area contributed by atoms with Crippen molar-refractivity contribution in [2.45, 2.75) is 25.2 Å². The second kappa shape index (κ2) is 8.32. The molecule has 150 valence electrons. The number of carbonyl (C=O) groups excluding carboxylic acids is 1. The van der Waals surface area contributed by atoms with Gasteiger partial charge in [0.2, 0.25) is 5.88 Å². The molecule has 0 aliphatic carbocycles. The van der Waals surface area contributed by atoms with E-state index in [1.165, 1.54) is 24.4 Å². The van der Waals surface area contributed by atoms with Gasteiger partial charge in [-0.05, 0) is 17.7 Å². The standard InChI is InChI=1S/C18H17F4N3O3/c19-12-1-2-13-14(4-6-27-15(13)8-12)25-17(26)24-9-11-3-5-23-16(7-11)28-10-18(20,21)22/h1-3,5,7-8,14H,4,6,9-10H2,(H2,24,25,26). The van der Waals surface area contributed by atoms with Gasteiger partial charge < -0.3 is 20.1 Å². The van der Waals surface area contributed by atoms with Gasteiger partial charge in [0, 0.05) is 36.9 Å². The minimum Gasteiger partial charge on any atom is -0.493 e. The number of ether oxygens (including phenoxy) is 2. The lowest BCUT2D eigenvalue weighted by molar-refractivity contribution is -0.154. The lowest BCUT2D eigenvalue weighted by Gasteiger charge is -2.26. The van der Waals surface area contributed by atoms with Crippen molar-refractivity contribution in [1.29, 1.82) is 0 Å². The van der Waals surface area contributed by atoms with Crippen LogP contribution < -0.4 is 20.1 Å². The predicted molar refractivity (Wildman–Crippen MR) is 90.4 cm³/mol. The first-order valence-electron chi connectivity index (χ1n) is 8.41. The summed E-state index contributed by atoms with van der Waals surface area (Å²) in [4.78, 5) is 15.9. The van der Waals surface area contributed by atoms with E-state index >= 15 is 0 Å². The maximum absolute atomic E-state index is 13.3. The number of alkyl halides is 3. The van der Waals surface area contributed by atoms with Crippen LogP contribution in [0.25, 0.3) is 0 Å². The van der Waals surface area contributed by atoms with Gasteiger partial charge in [0.15, 0.2) is 6.61 Å². The molecule has 1 aromatic heterocycles. The van der Waals surface area contributed by atoms with E-state index in [-0.39, 0.29) is 18.5 Å². The maximum Gasteiger partial charge on any atom is 0.422 e. The average molecular weight is 399 g/mol. The summed E-state index contributed by atoms with van der Waals surface area (Å²) in [6, 6.07) is 6.16. The van der Waals surface area contributed by atoms with E-state index in [2.05, 4.69) is 20.4 Å². The van der Waals surface area contributed by atoms with Crippen molar-refractivity contribution in [3.8, 4) is 11.6 Å². The molecule has 2 aromatic rings. The third-order valence-electron chi connectivity index (χ3n) is 3.96. The highest BCUT2D eigenvalue weighted by Gasteiger charge is 2.28. The number of nitrogens with zero attached hydrogens (tertiary/aromatic N) is 1. The zero-order valence-corrected chi connectivity index (χ0v) is 14.6. The highest BCUT2D eigenvalue weighted by Crippen LogP contribution is 2.32. The van der Waals surface area contributed by atoms with Gasteiger partial charge in [-0.2, -0.15) is 13.2 Å². The molecule has 0 radical (unpaired) electrons. The Kier molecular flexibility index (Phi) is 5.86. The molecule has 2 N–H and O–H groups in total. The van der Waals surface area contributed by atoms with Crippen LogP contribution in [0.5, 0.6) is 11.6 Å². The molecule has 2 heterocycles. The Hall–Kier alpha value is -3.04. The fourth-order valence-corrected chi connectivity index (χ4v) is 2.70. The molecule has 0 spiro atoms. The number of hydrogen-bond donors (Lipinski definition) is 2. The molecule has 1 atom stereocenters. The van der Waals surface area contributed by atoms with Crippen molar-refractivity contribution in [3.05, 3.63) is 53.5 Å². The molecule has 0 saturated carbocycles. The smallest absolute Gasteiger partial charge is 0.422 e. The summed E-state index contributed by atoms with van der Waals surface area (Å²) in [6.45, 7) is -1.04. The first-order valence-corrected chi connectivity index (χ1v) is 8.41. The van der Waals surface area contributed by atoms with Crippen molar-refractivity contribution in [2.24, 2.45) is 0 Å². The van der Waals surface area contributed by atoms with Crippen LogP contribution in [-0.4, -0.2) is 30.4 Å². The Labute approximate surface area is 157 Å². The Morgan fingerprint density at radius 1 is 1.29 bits per heavy atom. The molecule has 2 amide bonds. The summed E-state index contributed by atoms with van der Waals surface area (Å²) in [5.41, 5.74) is 1.20. The van der Waals surface area contributed by atoms with Crippen LogP contribution in [0.15, 0.2) is 36.5 Å². The normalized spacial score (nSPS) is 15.9. The van der Waals surface area contributed by atoms with E-state index in [4.69, 9.17) is 4.74 Å². The number of aromatic nitrogens is 1. The van der Waals surface area contributed by atoms with Gasteiger partial charge in [0.25, 0.3) is 0 Å². The second-order valence-electron chi connectivity index (χ2n) is 6.11. The molecule has 1 unspecified atom stereocenters. The predicted octanol–water partition coefficient (Wildman–Crippen LogP) is 3.48. The third-order valence-corrected chi connectivity index (χ3v) is 3.96. The van der Waals surface area contributed by atoms with Crippen LogP contribution in [0, 0.1) is 5.82 Å². The first kappa shape index (κ1) is 19.7. The average Bonchev–Trinajstić information content (AvgIpc) is 2.64. The molecule has 10 heteroatoms. The lowest BCUT2D eigenvalue weighted by atomic mass is 10.0. The van der Waals surface area contributed by atoms with Crippen LogP contribution in [0.2, 0.25) is 0 Å². The summed E-state index contributed by atoms with van der Waals surface area (Å²) in [7, 11) is 0. The van der Waals surface area contributed by atoms with Gasteiger partial charge >= 0.3 is 12.2 Å². The van der Waals surface area contributed by atoms with E-state index in [1.54, 1.807) is 12.1 Å². The Balaban J connectivity index is 1.54. The van der Waals surface area contributed by atoms with Gasteiger partial charge in [-0.3, -0.25) is 0 Å². The van der Waals surface area contributed by atoms with Crippen LogP contribution in [-0.2, 0) is 6.54 Å². The van der Waals surface area contributed by atoms with Crippen LogP contribution in [0.4, 0.5) is 22.4 Å². The fourth-order valence-electron chi connectivity index (χ4n) is 2.70. The highest BCUT2D eigenvalue weighted by molar-refractivity contribution is 5.74. The number of carbonyl (C=O) groups is 1. The maximum atomic E-state index is 13.3. The molecule has 1 aliphatic rings. The highest BCUT2D eigenvalue weighted by atomic mass is 19.4. The summed E-state index contributed by atoms with van der Waals surface area (Å²) in [5, 5.41) is 5.39. The van der Waals surface area contributed by atoms with Crippen LogP contribution in [0.3, 0.4) is 0 Å². The number of rotatable bonds is 5. The van der Waals surface area contributed by atoms with E-state index in [0.717, 1.165) is 0 Å². The molecular weight excluding hydrogens is 382 g/mol. The molecule has 1 aliphatic heterocycles.